The minimum atomic E-state index is -0.421. The van der Waals surface area contributed by atoms with Gasteiger partial charge in [-0.05, 0) is 70.1 Å². The first kappa shape index (κ1) is 13.9. The van der Waals surface area contributed by atoms with Gasteiger partial charge in [0, 0.05) is 12.0 Å². The topological polar surface area (TPSA) is 58.2 Å². The summed E-state index contributed by atoms with van der Waals surface area (Å²) >= 11 is 0. The summed E-state index contributed by atoms with van der Waals surface area (Å²) in [5.74, 6) is 2.33. The first-order valence-electron chi connectivity index (χ1n) is 8.11. The third-order valence-corrected chi connectivity index (χ3v) is 5.61. The molecular formula is C16H26N2O2. The first-order valence-corrected chi connectivity index (χ1v) is 8.11. The molecule has 4 saturated carbocycles. The first-order chi connectivity index (χ1) is 9.52. The molecular weight excluding hydrogens is 252 g/mol. The molecule has 4 rings (SSSR count). The lowest BCUT2D eigenvalue weighted by Crippen LogP contribution is -2.56. The predicted octanol–water partition coefficient (Wildman–Crippen LogP) is 1.84. The summed E-state index contributed by atoms with van der Waals surface area (Å²) < 4.78 is 0. The van der Waals surface area contributed by atoms with Crippen LogP contribution in [0.5, 0.6) is 0 Å². The Labute approximate surface area is 121 Å². The fourth-order valence-electron chi connectivity index (χ4n) is 5.13. The van der Waals surface area contributed by atoms with E-state index in [1.807, 2.05) is 6.92 Å². The molecule has 4 nitrogen and oxygen atoms in total. The van der Waals surface area contributed by atoms with Gasteiger partial charge in [0.1, 0.15) is 6.04 Å². The maximum Gasteiger partial charge on any atom is 0.242 e. The predicted molar refractivity (Wildman–Crippen MR) is 76.9 cm³/mol. The molecule has 4 aliphatic rings. The Hall–Kier alpha value is -1.06. The molecule has 0 saturated heterocycles. The Morgan fingerprint density at radius 3 is 2.05 bits per heavy atom. The fraction of sp³-hybridized carbons (Fsp3) is 0.875. The van der Waals surface area contributed by atoms with Gasteiger partial charge in [0.15, 0.2) is 0 Å². The van der Waals surface area contributed by atoms with E-state index in [1.54, 1.807) is 6.92 Å². The maximum absolute atomic E-state index is 12.7. The Bertz CT molecular complexity index is 383. The second-order valence-electron chi connectivity index (χ2n) is 7.29. The Balaban J connectivity index is 1.66. The van der Waals surface area contributed by atoms with Crippen molar-refractivity contribution in [3.8, 4) is 0 Å². The molecule has 4 bridgehead atoms. The standard InChI is InChI=1S/C16H26N2O2/c1-3-17-14(19)10(2)18-15(20)16-7-11-4-12(8-16)6-13(5-11)9-16/h10-13H,3-9H2,1-2H3,(H,17,19)(H,18,20). The smallest absolute Gasteiger partial charge is 0.242 e. The van der Waals surface area contributed by atoms with E-state index < -0.39 is 6.04 Å². The molecule has 0 spiro atoms. The van der Waals surface area contributed by atoms with Crippen molar-refractivity contribution in [1.82, 2.24) is 10.6 Å². The number of carbonyl (C=O) groups is 2. The SMILES string of the molecule is CCNC(=O)C(C)NC(=O)C12CC3CC(CC(C3)C1)C2. The second-order valence-corrected chi connectivity index (χ2v) is 7.29. The van der Waals surface area contributed by atoms with Gasteiger partial charge in [-0.15, -0.1) is 0 Å². The van der Waals surface area contributed by atoms with Crippen molar-refractivity contribution < 1.29 is 9.59 Å². The van der Waals surface area contributed by atoms with Crippen LogP contribution in [-0.2, 0) is 9.59 Å². The monoisotopic (exact) mass is 278 g/mol. The average molecular weight is 278 g/mol. The lowest BCUT2D eigenvalue weighted by molar-refractivity contribution is -0.148. The van der Waals surface area contributed by atoms with Crippen LogP contribution in [0.25, 0.3) is 0 Å². The molecule has 0 aromatic heterocycles. The van der Waals surface area contributed by atoms with Gasteiger partial charge in [-0.3, -0.25) is 9.59 Å². The molecule has 4 fully saturated rings. The molecule has 0 aromatic rings. The zero-order valence-electron chi connectivity index (χ0n) is 12.6. The summed E-state index contributed by atoms with van der Waals surface area (Å²) in [4.78, 5) is 24.5. The lowest BCUT2D eigenvalue weighted by atomic mass is 9.49. The minimum absolute atomic E-state index is 0.0782. The maximum atomic E-state index is 12.7. The summed E-state index contributed by atoms with van der Waals surface area (Å²) in [6.45, 7) is 4.28. The van der Waals surface area contributed by atoms with E-state index in [-0.39, 0.29) is 17.2 Å². The van der Waals surface area contributed by atoms with E-state index >= 15 is 0 Å². The second kappa shape index (κ2) is 5.05. The molecule has 1 atom stereocenters. The van der Waals surface area contributed by atoms with E-state index in [4.69, 9.17) is 0 Å². The van der Waals surface area contributed by atoms with Gasteiger partial charge < -0.3 is 10.6 Å². The molecule has 2 N–H and O–H groups in total. The highest BCUT2D eigenvalue weighted by atomic mass is 16.2. The average Bonchev–Trinajstić information content (AvgIpc) is 2.37. The summed E-state index contributed by atoms with van der Waals surface area (Å²) in [5.41, 5.74) is -0.157. The van der Waals surface area contributed by atoms with Crippen LogP contribution in [-0.4, -0.2) is 24.4 Å². The van der Waals surface area contributed by atoms with E-state index in [2.05, 4.69) is 10.6 Å². The number of carbonyl (C=O) groups excluding carboxylic acids is 2. The van der Waals surface area contributed by atoms with Crippen LogP contribution < -0.4 is 10.6 Å². The van der Waals surface area contributed by atoms with E-state index in [9.17, 15) is 9.59 Å². The third-order valence-electron chi connectivity index (χ3n) is 5.61. The quantitative estimate of drug-likeness (QED) is 0.824. The molecule has 0 aliphatic heterocycles. The number of rotatable bonds is 4. The summed E-state index contributed by atoms with van der Waals surface area (Å²) in [6.07, 6.45) is 7.14. The van der Waals surface area contributed by atoms with Crippen LogP contribution in [0.4, 0.5) is 0 Å². The highest BCUT2D eigenvalue weighted by molar-refractivity contribution is 5.90. The van der Waals surface area contributed by atoms with Crippen LogP contribution in [0.3, 0.4) is 0 Å². The molecule has 2 amide bonds. The van der Waals surface area contributed by atoms with Crippen molar-refractivity contribution >= 4 is 11.8 Å². The third kappa shape index (κ3) is 2.33. The molecule has 1 unspecified atom stereocenters. The molecule has 112 valence electrons. The lowest BCUT2D eigenvalue weighted by Gasteiger charge is -2.55. The van der Waals surface area contributed by atoms with Gasteiger partial charge >= 0.3 is 0 Å². The molecule has 4 heteroatoms. The molecule has 0 radical (unpaired) electrons. The highest BCUT2D eigenvalue weighted by Gasteiger charge is 2.54. The molecule has 0 aromatic carbocycles. The van der Waals surface area contributed by atoms with Crippen LogP contribution >= 0.6 is 0 Å². The van der Waals surface area contributed by atoms with Crippen molar-refractivity contribution in [3.63, 3.8) is 0 Å². The number of amides is 2. The van der Waals surface area contributed by atoms with Gasteiger partial charge in [-0.25, -0.2) is 0 Å². The Kier molecular flexibility index (Phi) is 3.51. The van der Waals surface area contributed by atoms with Gasteiger partial charge in [0.2, 0.25) is 11.8 Å². The van der Waals surface area contributed by atoms with E-state index in [1.165, 1.54) is 19.3 Å². The van der Waals surface area contributed by atoms with E-state index in [0.29, 0.717) is 6.54 Å². The van der Waals surface area contributed by atoms with Crippen LogP contribution in [0, 0.1) is 23.2 Å². The molecule has 20 heavy (non-hydrogen) atoms. The molecule has 4 aliphatic carbocycles. The number of nitrogens with one attached hydrogen (secondary N) is 2. The zero-order chi connectivity index (χ0) is 14.3. The van der Waals surface area contributed by atoms with Gasteiger partial charge in [-0.1, -0.05) is 0 Å². The number of hydrogen-bond donors (Lipinski definition) is 2. The number of likely N-dealkylation sites (N-methyl/N-ethyl adjacent to an activating group) is 1. The van der Waals surface area contributed by atoms with Gasteiger partial charge in [0.25, 0.3) is 0 Å². The highest BCUT2D eigenvalue weighted by Crippen LogP contribution is 2.60. The molecule has 0 heterocycles. The van der Waals surface area contributed by atoms with Crippen molar-refractivity contribution in [2.75, 3.05) is 6.54 Å². The van der Waals surface area contributed by atoms with Crippen molar-refractivity contribution in [1.29, 1.82) is 0 Å². The largest absolute Gasteiger partial charge is 0.355 e. The van der Waals surface area contributed by atoms with Gasteiger partial charge in [-0.2, -0.15) is 0 Å². The van der Waals surface area contributed by atoms with Crippen molar-refractivity contribution in [2.24, 2.45) is 23.2 Å². The summed E-state index contributed by atoms with van der Waals surface area (Å²) in [6, 6.07) is -0.421. The minimum Gasteiger partial charge on any atom is -0.355 e. The summed E-state index contributed by atoms with van der Waals surface area (Å²) in [7, 11) is 0. The van der Waals surface area contributed by atoms with Crippen LogP contribution in [0.15, 0.2) is 0 Å². The normalized spacial score (nSPS) is 39.4. The Morgan fingerprint density at radius 2 is 1.60 bits per heavy atom. The van der Waals surface area contributed by atoms with Crippen molar-refractivity contribution in [3.05, 3.63) is 0 Å². The van der Waals surface area contributed by atoms with E-state index in [0.717, 1.165) is 37.0 Å². The number of hydrogen-bond acceptors (Lipinski definition) is 2. The zero-order valence-corrected chi connectivity index (χ0v) is 12.6. The summed E-state index contributed by atoms with van der Waals surface area (Å²) in [5, 5.41) is 5.74. The van der Waals surface area contributed by atoms with Gasteiger partial charge in [0.05, 0.1) is 0 Å². The van der Waals surface area contributed by atoms with Crippen molar-refractivity contribution in [2.45, 2.75) is 58.4 Å². The Morgan fingerprint density at radius 1 is 1.10 bits per heavy atom. The fourth-order valence-corrected chi connectivity index (χ4v) is 5.13. The van der Waals surface area contributed by atoms with Crippen LogP contribution in [0.1, 0.15) is 52.4 Å². The van der Waals surface area contributed by atoms with Crippen LogP contribution in [0.2, 0.25) is 0 Å².